The van der Waals surface area contributed by atoms with Crippen LogP contribution in [0.1, 0.15) is 26.7 Å². The van der Waals surface area contributed by atoms with Gasteiger partial charge in [-0.05, 0) is 59.9 Å². The standard InChI is InChI=1S/C13H29N3/c1-11-10-16(5)12(2)9-13(11)14-7-6-8-15(3)4/h11-14H,6-10H2,1-5H3/t11-,12+,13+/m0/s1. The van der Waals surface area contributed by atoms with Crippen molar-refractivity contribution in [1.82, 2.24) is 15.1 Å². The van der Waals surface area contributed by atoms with Gasteiger partial charge in [-0.2, -0.15) is 0 Å². The first-order chi connectivity index (χ1) is 7.50. The summed E-state index contributed by atoms with van der Waals surface area (Å²) in [5, 5.41) is 3.72. The zero-order valence-corrected chi connectivity index (χ0v) is 11.7. The Morgan fingerprint density at radius 2 is 2.00 bits per heavy atom. The molecule has 0 radical (unpaired) electrons. The second kappa shape index (κ2) is 6.58. The van der Waals surface area contributed by atoms with Crippen LogP contribution in [0, 0.1) is 5.92 Å². The molecule has 0 saturated carbocycles. The lowest BCUT2D eigenvalue weighted by atomic mass is 9.90. The van der Waals surface area contributed by atoms with Crippen molar-refractivity contribution in [2.75, 3.05) is 40.8 Å². The molecule has 1 saturated heterocycles. The number of piperidine rings is 1. The molecule has 0 aromatic carbocycles. The molecule has 1 rings (SSSR count). The third-order valence-electron chi connectivity index (χ3n) is 3.80. The Morgan fingerprint density at radius 1 is 1.31 bits per heavy atom. The second-order valence-corrected chi connectivity index (χ2v) is 5.72. The van der Waals surface area contributed by atoms with Gasteiger partial charge in [0.15, 0.2) is 0 Å². The quantitative estimate of drug-likeness (QED) is 0.713. The van der Waals surface area contributed by atoms with E-state index in [4.69, 9.17) is 0 Å². The highest BCUT2D eigenvalue weighted by atomic mass is 15.2. The van der Waals surface area contributed by atoms with Gasteiger partial charge in [0, 0.05) is 18.6 Å². The summed E-state index contributed by atoms with van der Waals surface area (Å²) in [7, 11) is 6.52. The lowest BCUT2D eigenvalue weighted by Crippen LogP contribution is -2.51. The predicted octanol–water partition coefficient (Wildman–Crippen LogP) is 1.26. The molecular weight excluding hydrogens is 198 g/mol. The van der Waals surface area contributed by atoms with E-state index in [9.17, 15) is 0 Å². The maximum atomic E-state index is 3.72. The smallest absolute Gasteiger partial charge is 0.0120 e. The van der Waals surface area contributed by atoms with Gasteiger partial charge in [-0.3, -0.25) is 0 Å². The number of hydrogen-bond donors (Lipinski definition) is 1. The van der Waals surface area contributed by atoms with E-state index in [2.05, 4.69) is 50.1 Å². The van der Waals surface area contributed by atoms with E-state index in [-0.39, 0.29) is 0 Å². The summed E-state index contributed by atoms with van der Waals surface area (Å²) >= 11 is 0. The topological polar surface area (TPSA) is 18.5 Å². The van der Waals surface area contributed by atoms with Crippen molar-refractivity contribution in [2.45, 2.75) is 38.8 Å². The molecule has 0 amide bonds. The van der Waals surface area contributed by atoms with Crippen LogP contribution < -0.4 is 5.32 Å². The molecule has 1 aliphatic heterocycles. The normalized spacial score (nSPS) is 32.2. The second-order valence-electron chi connectivity index (χ2n) is 5.72. The summed E-state index contributed by atoms with van der Waals surface area (Å²) in [5.41, 5.74) is 0. The molecule has 1 aliphatic rings. The SMILES string of the molecule is C[C@@H]1C[C@@H](NCCCN(C)C)[C@@H](C)CN1C. The molecule has 16 heavy (non-hydrogen) atoms. The number of rotatable bonds is 5. The lowest BCUT2D eigenvalue weighted by molar-refractivity contribution is 0.121. The largest absolute Gasteiger partial charge is 0.314 e. The molecule has 1 N–H and O–H groups in total. The number of hydrogen-bond acceptors (Lipinski definition) is 3. The fourth-order valence-corrected chi connectivity index (χ4v) is 2.51. The lowest BCUT2D eigenvalue weighted by Gasteiger charge is -2.40. The van der Waals surface area contributed by atoms with Gasteiger partial charge in [-0.25, -0.2) is 0 Å². The zero-order chi connectivity index (χ0) is 12.1. The van der Waals surface area contributed by atoms with Crippen LogP contribution >= 0.6 is 0 Å². The molecule has 3 heteroatoms. The Morgan fingerprint density at radius 3 is 2.62 bits per heavy atom. The zero-order valence-electron chi connectivity index (χ0n) is 11.7. The van der Waals surface area contributed by atoms with E-state index < -0.39 is 0 Å². The monoisotopic (exact) mass is 227 g/mol. The van der Waals surface area contributed by atoms with Crippen molar-refractivity contribution >= 4 is 0 Å². The van der Waals surface area contributed by atoms with Crippen molar-refractivity contribution in [2.24, 2.45) is 5.92 Å². The van der Waals surface area contributed by atoms with Crippen LogP contribution in [-0.4, -0.2) is 62.7 Å². The van der Waals surface area contributed by atoms with Crippen LogP contribution in [0.15, 0.2) is 0 Å². The van der Waals surface area contributed by atoms with Crippen LogP contribution in [0.2, 0.25) is 0 Å². The minimum atomic E-state index is 0.716. The number of nitrogens with one attached hydrogen (secondary N) is 1. The minimum absolute atomic E-state index is 0.716. The molecule has 0 spiro atoms. The molecule has 0 aromatic heterocycles. The van der Waals surface area contributed by atoms with E-state index in [1.807, 2.05) is 0 Å². The van der Waals surface area contributed by atoms with Crippen molar-refractivity contribution in [1.29, 1.82) is 0 Å². The summed E-state index contributed by atoms with van der Waals surface area (Å²) in [4.78, 5) is 4.73. The maximum absolute atomic E-state index is 3.72. The van der Waals surface area contributed by atoms with Gasteiger partial charge in [0.05, 0.1) is 0 Å². The average molecular weight is 227 g/mol. The van der Waals surface area contributed by atoms with E-state index in [1.54, 1.807) is 0 Å². The number of nitrogens with zero attached hydrogens (tertiary/aromatic N) is 2. The summed E-state index contributed by atoms with van der Waals surface area (Å²) in [6.45, 7) is 8.27. The maximum Gasteiger partial charge on any atom is 0.0120 e. The summed E-state index contributed by atoms with van der Waals surface area (Å²) in [6, 6.07) is 1.44. The van der Waals surface area contributed by atoms with Crippen molar-refractivity contribution in [3.8, 4) is 0 Å². The third kappa shape index (κ3) is 4.40. The molecule has 0 unspecified atom stereocenters. The minimum Gasteiger partial charge on any atom is -0.314 e. The van der Waals surface area contributed by atoms with Gasteiger partial charge in [-0.1, -0.05) is 6.92 Å². The summed E-state index contributed by atoms with van der Waals surface area (Å²) in [6.07, 6.45) is 2.54. The van der Waals surface area contributed by atoms with Gasteiger partial charge < -0.3 is 15.1 Å². The first-order valence-electron chi connectivity index (χ1n) is 6.59. The van der Waals surface area contributed by atoms with Gasteiger partial charge in [0.2, 0.25) is 0 Å². The molecule has 3 nitrogen and oxygen atoms in total. The molecule has 96 valence electrons. The van der Waals surface area contributed by atoms with Gasteiger partial charge >= 0.3 is 0 Å². The van der Waals surface area contributed by atoms with E-state index in [0.717, 1.165) is 18.5 Å². The van der Waals surface area contributed by atoms with Crippen LogP contribution in [0.25, 0.3) is 0 Å². The molecule has 0 aliphatic carbocycles. The average Bonchev–Trinajstić information content (AvgIpc) is 2.19. The van der Waals surface area contributed by atoms with Crippen molar-refractivity contribution < 1.29 is 0 Å². The molecule has 0 aromatic rings. The summed E-state index contributed by atoms with van der Waals surface area (Å²) in [5.74, 6) is 0.778. The molecule has 1 fully saturated rings. The Bertz CT molecular complexity index is 194. The molecule has 0 bridgehead atoms. The van der Waals surface area contributed by atoms with E-state index in [0.29, 0.717) is 6.04 Å². The molecular formula is C13H29N3. The van der Waals surface area contributed by atoms with Gasteiger partial charge in [0.1, 0.15) is 0 Å². The van der Waals surface area contributed by atoms with Crippen molar-refractivity contribution in [3.63, 3.8) is 0 Å². The van der Waals surface area contributed by atoms with Gasteiger partial charge in [-0.15, -0.1) is 0 Å². The Hall–Kier alpha value is -0.120. The third-order valence-corrected chi connectivity index (χ3v) is 3.80. The Balaban J connectivity index is 2.20. The predicted molar refractivity (Wildman–Crippen MR) is 70.8 cm³/mol. The van der Waals surface area contributed by atoms with E-state index in [1.165, 1.54) is 25.9 Å². The van der Waals surface area contributed by atoms with Gasteiger partial charge in [0.25, 0.3) is 0 Å². The van der Waals surface area contributed by atoms with E-state index >= 15 is 0 Å². The Kier molecular flexibility index (Phi) is 5.73. The first-order valence-corrected chi connectivity index (χ1v) is 6.59. The van der Waals surface area contributed by atoms with Crippen molar-refractivity contribution in [3.05, 3.63) is 0 Å². The first kappa shape index (κ1) is 13.9. The van der Waals surface area contributed by atoms with Crippen LogP contribution in [0.4, 0.5) is 0 Å². The fraction of sp³-hybridized carbons (Fsp3) is 1.00. The summed E-state index contributed by atoms with van der Waals surface area (Å²) < 4.78 is 0. The Labute approximate surface area is 101 Å². The highest BCUT2D eigenvalue weighted by Crippen LogP contribution is 2.20. The van der Waals surface area contributed by atoms with Crippen LogP contribution in [0.3, 0.4) is 0 Å². The molecule has 1 heterocycles. The van der Waals surface area contributed by atoms with Crippen LogP contribution in [-0.2, 0) is 0 Å². The highest BCUT2D eigenvalue weighted by Gasteiger charge is 2.27. The highest BCUT2D eigenvalue weighted by molar-refractivity contribution is 4.85. The number of likely N-dealkylation sites (tertiary alicyclic amines) is 1. The van der Waals surface area contributed by atoms with Crippen LogP contribution in [0.5, 0.6) is 0 Å². The molecule has 3 atom stereocenters. The fourth-order valence-electron chi connectivity index (χ4n) is 2.51.